The quantitative estimate of drug-likeness (QED) is 0.914. The molecule has 0 spiro atoms. The summed E-state index contributed by atoms with van der Waals surface area (Å²) in [6.45, 7) is 0. The lowest BCUT2D eigenvalue weighted by atomic mass is 10.1. The minimum absolute atomic E-state index is 0.284. The maximum atomic E-state index is 13.0. The fraction of sp³-hybridized carbons (Fsp3) is 0.0909. The van der Waals surface area contributed by atoms with Crippen LogP contribution in [0, 0.1) is 5.82 Å². The Morgan fingerprint density at radius 2 is 2.06 bits per heavy atom. The van der Waals surface area contributed by atoms with E-state index in [1.807, 2.05) is 0 Å². The Hall–Kier alpha value is -0.840. The number of hydrogen-bond donors (Lipinski definition) is 1. The van der Waals surface area contributed by atoms with Crippen LogP contribution in [0.1, 0.15) is 17.4 Å². The Labute approximate surface area is 105 Å². The highest BCUT2D eigenvalue weighted by Gasteiger charge is 2.14. The van der Waals surface area contributed by atoms with E-state index in [1.165, 1.54) is 6.07 Å². The van der Waals surface area contributed by atoms with Gasteiger partial charge in [0.25, 0.3) is 0 Å². The number of benzene rings is 1. The second-order valence-corrected chi connectivity index (χ2v) is 4.52. The van der Waals surface area contributed by atoms with E-state index < -0.39 is 6.04 Å². The van der Waals surface area contributed by atoms with Crippen molar-refractivity contribution in [3.63, 3.8) is 0 Å². The van der Waals surface area contributed by atoms with Gasteiger partial charge in [-0.25, -0.2) is 4.39 Å². The fourth-order valence-corrected chi connectivity index (χ4v) is 1.91. The Morgan fingerprint density at radius 3 is 2.62 bits per heavy atom. The van der Waals surface area contributed by atoms with E-state index in [1.54, 1.807) is 24.3 Å². The summed E-state index contributed by atoms with van der Waals surface area (Å²) < 4.78 is 18.6. The van der Waals surface area contributed by atoms with Crippen molar-refractivity contribution in [3.8, 4) is 0 Å². The van der Waals surface area contributed by atoms with Gasteiger partial charge in [0.2, 0.25) is 0 Å². The van der Waals surface area contributed by atoms with Gasteiger partial charge in [-0.1, -0.05) is 6.07 Å². The summed E-state index contributed by atoms with van der Waals surface area (Å²) in [4.78, 5) is 0. The first-order chi connectivity index (χ1) is 7.58. The fourth-order valence-electron chi connectivity index (χ4n) is 1.37. The van der Waals surface area contributed by atoms with Crippen molar-refractivity contribution in [2.75, 3.05) is 0 Å². The summed E-state index contributed by atoms with van der Waals surface area (Å²) in [5.41, 5.74) is 6.70. The van der Waals surface area contributed by atoms with Gasteiger partial charge >= 0.3 is 0 Å². The molecule has 1 atom stereocenters. The summed E-state index contributed by atoms with van der Waals surface area (Å²) in [6.07, 6.45) is 0. The molecule has 16 heavy (non-hydrogen) atoms. The number of rotatable bonds is 2. The largest absolute Gasteiger partial charge is 0.448 e. The van der Waals surface area contributed by atoms with Crippen molar-refractivity contribution in [2.45, 2.75) is 6.04 Å². The Kier molecular flexibility index (Phi) is 3.33. The van der Waals surface area contributed by atoms with Crippen molar-refractivity contribution < 1.29 is 8.81 Å². The van der Waals surface area contributed by atoms with Crippen LogP contribution >= 0.6 is 27.5 Å². The molecule has 2 aromatic rings. The van der Waals surface area contributed by atoms with Crippen LogP contribution in [0.4, 0.5) is 4.39 Å². The van der Waals surface area contributed by atoms with Crippen molar-refractivity contribution in [3.05, 3.63) is 57.2 Å². The lowest BCUT2D eigenvalue weighted by Gasteiger charge is -2.09. The van der Waals surface area contributed by atoms with Crippen LogP contribution in [0.15, 0.2) is 39.2 Å². The molecular formula is C11H8BrClFNO. The molecule has 2 nitrogen and oxygen atoms in total. The van der Waals surface area contributed by atoms with E-state index in [0.717, 1.165) is 5.56 Å². The summed E-state index contributed by atoms with van der Waals surface area (Å²) in [5, 5.41) is 0.284. The predicted octanol–water partition coefficient (Wildman–Crippen LogP) is 3.88. The molecule has 0 radical (unpaired) electrons. The van der Waals surface area contributed by atoms with Crippen LogP contribution in [0.2, 0.25) is 5.22 Å². The normalized spacial score (nSPS) is 12.8. The van der Waals surface area contributed by atoms with Crippen molar-refractivity contribution in [1.82, 2.24) is 0 Å². The molecular weight excluding hydrogens is 296 g/mol. The number of halogens is 3. The predicted molar refractivity (Wildman–Crippen MR) is 63.8 cm³/mol. The average Bonchev–Trinajstić information content (AvgIpc) is 2.68. The second kappa shape index (κ2) is 4.57. The standard InChI is InChI=1S/C11H8BrClFNO/c12-7-5-6(1-2-8(7)14)11(15)9-3-4-10(13)16-9/h1-5,11H,15H2. The van der Waals surface area contributed by atoms with Crippen molar-refractivity contribution >= 4 is 27.5 Å². The molecule has 0 fully saturated rings. The summed E-state index contributed by atoms with van der Waals surface area (Å²) in [5.74, 6) is 0.219. The average molecular weight is 305 g/mol. The van der Waals surface area contributed by atoms with Crippen LogP contribution in [0.5, 0.6) is 0 Å². The minimum Gasteiger partial charge on any atom is -0.448 e. The van der Waals surface area contributed by atoms with Gasteiger partial charge in [0.15, 0.2) is 5.22 Å². The molecule has 0 aliphatic rings. The molecule has 1 aromatic heterocycles. The summed E-state index contributed by atoms with van der Waals surface area (Å²) >= 11 is 8.76. The molecule has 0 saturated carbocycles. The first-order valence-electron chi connectivity index (χ1n) is 4.53. The highest BCUT2D eigenvalue weighted by Crippen LogP contribution is 2.26. The zero-order chi connectivity index (χ0) is 11.7. The zero-order valence-electron chi connectivity index (χ0n) is 8.08. The minimum atomic E-state index is -0.454. The molecule has 5 heteroatoms. The van der Waals surface area contributed by atoms with Crippen LogP contribution in [0.3, 0.4) is 0 Å². The molecule has 2 N–H and O–H groups in total. The summed E-state index contributed by atoms with van der Waals surface area (Å²) in [7, 11) is 0. The first-order valence-corrected chi connectivity index (χ1v) is 5.71. The van der Waals surface area contributed by atoms with E-state index in [2.05, 4.69) is 15.9 Å². The SMILES string of the molecule is NC(c1ccc(F)c(Br)c1)c1ccc(Cl)o1. The molecule has 0 saturated heterocycles. The highest BCUT2D eigenvalue weighted by atomic mass is 79.9. The lowest BCUT2D eigenvalue weighted by Crippen LogP contribution is -2.10. The van der Waals surface area contributed by atoms with Gasteiger partial charge in [-0.05, 0) is 57.4 Å². The Bertz CT molecular complexity index is 514. The van der Waals surface area contributed by atoms with Crippen molar-refractivity contribution in [1.29, 1.82) is 0 Å². The molecule has 1 heterocycles. The van der Waals surface area contributed by atoms with Gasteiger partial charge in [0, 0.05) is 0 Å². The van der Waals surface area contributed by atoms with Gasteiger partial charge in [-0.3, -0.25) is 0 Å². The van der Waals surface area contributed by atoms with E-state index in [9.17, 15) is 4.39 Å². The molecule has 0 aliphatic carbocycles. The number of nitrogens with two attached hydrogens (primary N) is 1. The number of hydrogen-bond acceptors (Lipinski definition) is 2. The molecule has 84 valence electrons. The smallest absolute Gasteiger partial charge is 0.193 e. The van der Waals surface area contributed by atoms with Gasteiger partial charge in [0.1, 0.15) is 11.6 Å². The van der Waals surface area contributed by atoms with Crippen LogP contribution < -0.4 is 5.73 Å². The van der Waals surface area contributed by atoms with Crippen LogP contribution in [-0.4, -0.2) is 0 Å². The first kappa shape index (κ1) is 11.6. The van der Waals surface area contributed by atoms with E-state index in [-0.39, 0.29) is 11.0 Å². The van der Waals surface area contributed by atoms with Crippen LogP contribution in [-0.2, 0) is 0 Å². The monoisotopic (exact) mass is 303 g/mol. The molecule has 1 unspecified atom stereocenters. The third-order valence-corrected chi connectivity index (χ3v) is 3.01. The van der Waals surface area contributed by atoms with Gasteiger partial charge in [-0.2, -0.15) is 0 Å². The topological polar surface area (TPSA) is 39.2 Å². The second-order valence-electron chi connectivity index (χ2n) is 3.29. The van der Waals surface area contributed by atoms with E-state index in [0.29, 0.717) is 10.2 Å². The maximum Gasteiger partial charge on any atom is 0.193 e. The molecule has 1 aromatic carbocycles. The van der Waals surface area contributed by atoms with E-state index in [4.69, 9.17) is 21.8 Å². The van der Waals surface area contributed by atoms with Gasteiger partial charge in [-0.15, -0.1) is 0 Å². The third-order valence-electron chi connectivity index (χ3n) is 2.20. The van der Waals surface area contributed by atoms with E-state index >= 15 is 0 Å². The maximum absolute atomic E-state index is 13.0. The zero-order valence-corrected chi connectivity index (χ0v) is 10.4. The highest BCUT2D eigenvalue weighted by molar-refractivity contribution is 9.10. The van der Waals surface area contributed by atoms with Gasteiger partial charge < -0.3 is 10.2 Å². The molecule has 0 bridgehead atoms. The molecule has 0 amide bonds. The van der Waals surface area contributed by atoms with Gasteiger partial charge in [0.05, 0.1) is 10.5 Å². The van der Waals surface area contributed by atoms with Crippen molar-refractivity contribution in [2.24, 2.45) is 5.73 Å². The molecule has 0 aliphatic heterocycles. The number of furan rings is 1. The third kappa shape index (κ3) is 2.29. The summed E-state index contributed by atoms with van der Waals surface area (Å²) in [6, 6.07) is 7.45. The Balaban J connectivity index is 2.33. The Morgan fingerprint density at radius 1 is 1.31 bits per heavy atom. The van der Waals surface area contributed by atoms with Crippen LogP contribution in [0.25, 0.3) is 0 Å². The lowest BCUT2D eigenvalue weighted by molar-refractivity contribution is 0.491. The molecule has 2 rings (SSSR count).